The lowest BCUT2D eigenvalue weighted by atomic mass is 10.0. The second-order valence-corrected chi connectivity index (χ2v) is 9.19. The number of benzene rings is 3. The van der Waals surface area contributed by atoms with Gasteiger partial charge in [0.05, 0.1) is 5.25 Å². The number of amides is 2. The average molecular weight is 472 g/mol. The molecule has 0 bridgehead atoms. The normalized spacial score (nSPS) is 16.8. The van der Waals surface area contributed by atoms with Crippen LogP contribution in [-0.2, 0) is 16.0 Å². The standard InChI is InChI=1S/C27H22FN3O2S/c1-17-7-13-22(14-8-17)31-26(33)24(15-19-6-4-3-5-18(19)2)34-27(31)23(16-29)25(32)30-21-11-9-20(28)10-12-21/h3-14,24H,15H2,1-2H3,(H,30,32)/b27-23+/t24-/m1/s1. The van der Waals surface area contributed by atoms with Gasteiger partial charge in [-0.1, -0.05) is 53.7 Å². The Morgan fingerprint density at radius 1 is 1.06 bits per heavy atom. The highest BCUT2D eigenvalue weighted by Crippen LogP contribution is 2.42. The summed E-state index contributed by atoms with van der Waals surface area (Å²) in [6.45, 7) is 3.93. The smallest absolute Gasteiger partial charge is 0.269 e. The van der Waals surface area contributed by atoms with Crippen molar-refractivity contribution in [3.8, 4) is 6.07 Å². The minimum Gasteiger partial charge on any atom is -0.321 e. The number of anilines is 2. The van der Waals surface area contributed by atoms with Crippen LogP contribution in [0.2, 0.25) is 0 Å². The first-order chi connectivity index (χ1) is 16.4. The third-order valence-electron chi connectivity index (χ3n) is 5.57. The molecule has 34 heavy (non-hydrogen) atoms. The van der Waals surface area contributed by atoms with Gasteiger partial charge in [-0.05, 0) is 67.8 Å². The topological polar surface area (TPSA) is 73.2 Å². The van der Waals surface area contributed by atoms with Gasteiger partial charge in [0.1, 0.15) is 22.5 Å². The Morgan fingerprint density at radius 3 is 2.38 bits per heavy atom. The number of nitrogens with one attached hydrogen (secondary N) is 1. The molecule has 1 aliphatic rings. The van der Waals surface area contributed by atoms with Gasteiger partial charge in [-0.3, -0.25) is 14.5 Å². The number of nitrogens with zero attached hydrogens (tertiary/aromatic N) is 2. The van der Waals surface area contributed by atoms with Crippen molar-refractivity contribution in [3.63, 3.8) is 0 Å². The van der Waals surface area contributed by atoms with Crippen LogP contribution in [0.15, 0.2) is 83.4 Å². The van der Waals surface area contributed by atoms with E-state index in [2.05, 4.69) is 5.32 Å². The average Bonchev–Trinajstić information content (AvgIpc) is 3.13. The number of hydrogen-bond donors (Lipinski definition) is 1. The predicted octanol–water partition coefficient (Wildman–Crippen LogP) is 5.51. The summed E-state index contributed by atoms with van der Waals surface area (Å²) >= 11 is 1.22. The molecule has 1 saturated heterocycles. The Labute approximate surface area is 201 Å². The van der Waals surface area contributed by atoms with E-state index in [1.54, 1.807) is 12.1 Å². The molecule has 1 aliphatic heterocycles. The zero-order chi connectivity index (χ0) is 24.2. The fraction of sp³-hybridized carbons (Fsp3) is 0.148. The number of carbonyl (C=O) groups is 2. The molecule has 0 unspecified atom stereocenters. The van der Waals surface area contributed by atoms with Crippen molar-refractivity contribution >= 4 is 35.0 Å². The summed E-state index contributed by atoms with van der Waals surface area (Å²) in [4.78, 5) is 28.0. The molecule has 1 atom stereocenters. The molecule has 0 radical (unpaired) electrons. The zero-order valence-electron chi connectivity index (χ0n) is 18.7. The first-order valence-corrected chi connectivity index (χ1v) is 11.6. The molecule has 0 aliphatic carbocycles. The minimum absolute atomic E-state index is 0.171. The second-order valence-electron chi connectivity index (χ2n) is 8.00. The van der Waals surface area contributed by atoms with Crippen molar-refractivity contribution < 1.29 is 14.0 Å². The molecule has 0 spiro atoms. The van der Waals surface area contributed by atoms with E-state index < -0.39 is 17.0 Å². The lowest BCUT2D eigenvalue weighted by Gasteiger charge is -2.19. The van der Waals surface area contributed by atoms with Crippen molar-refractivity contribution in [3.05, 3.63) is 106 Å². The molecular formula is C27H22FN3O2S. The van der Waals surface area contributed by atoms with Gasteiger partial charge in [0.15, 0.2) is 0 Å². The second kappa shape index (κ2) is 9.94. The molecule has 170 valence electrons. The molecule has 0 aromatic heterocycles. The van der Waals surface area contributed by atoms with Crippen LogP contribution in [0.3, 0.4) is 0 Å². The number of halogens is 1. The van der Waals surface area contributed by atoms with Gasteiger partial charge in [-0.25, -0.2) is 4.39 Å². The number of thioether (sulfide) groups is 1. The number of carbonyl (C=O) groups excluding carboxylic acids is 2. The van der Waals surface area contributed by atoms with E-state index in [0.717, 1.165) is 16.7 Å². The summed E-state index contributed by atoms with van der Waals surface area (Å²) in [7, 11) is 0. The molecule has 2 amide bonds. The van der Waals surface area contributed by atoms with Crippen molar-refractivity contribution in [2.45, 2.75) is 25.5 Å². The van der Waals surface area contributed by atoms with Crippen LogP contribution in [0.25, 0.3) is 0 Å². The lowest BCUT2D eigenvalue weighted by molar-refractivity contribution is -0.117. The van der Waals surface area contributed by atoms with E-state index in [9.17, 15) is 19.2 Å². The minimum atomic E-state index is -0.655. The summed E-state index contributed by atoms with van der Waals surface area (Å²) in [5.74, 6) is -1.27. The van der Waals surface area contributed by atoms with Crippen LogP contribution in [0.1, 0.15) is 16.7 Å². The maximum atomic E-state index is 13.5. The quantitative estimate of drug-likeness (QED) is 0.394. The van der Waals surface area contributed by atoms with E-state index in [0.29, 0.717) is 17.8 Å². The molecule has 7 heteroatoms. The molecule has 1 fully saturated rings. The Morgan fingerprint density at radius 2 is 1.74 bits per heavy atom. The summed E-state index contributed by atoms with van der Waals surface area (Å²) in [6, 6.07) is 22.5. The SMILES string of the molecule is Cc1ccc(N2C(=O)[C@@H](Cc3ccccc3C)S/C2=C(\C#N)C(=O)Nc2ccc(F)cc2)cc1. The van der Waals surface area contributed by atoms with Crippen molar-refractivity contribution in [1.29, 1.82) is 5.26 Å². The maximum Gasteiger partial charge on any atom is 0.269 e. The Balaban J connectivity index is 1.73. The van der Waals surface area contributed by atoms with Crippen LogP contribution < -0.4 is 10.2 Å². The van der Waals surface area contributed by atoms with Crippen LogP contribution in [0, 0.1) is 31.0 Å². The number of rotatable bonds is 5. The van der Waals surface area contributed by atoms with Gasteiger partial charge in [-0.2, -0.15) is 5.26 Å². The number of aryl methyl sites for hydroxylation is 2. The molecule has 0 saturated carbocycles. The third kappa shape index (κ3) is 4.87. The molecule has 5 nitrogen and oxygen atoms in total. The van der Waals surface area contributed by atoms with E-state index in [-0.39, 0.29) is 16.5 Å². The molecule has 1 N–H and O–H groups in total. The number of hydrogen-bond acceptors (Lipinski definition) is 4. The maximum absolute atomic E-state index is 13.5. The predicted molar refractivity (Wildman–Crippen MR) is 133 cm³/mol. The van der Waals surface area contributed by atoms with Gasteiger partial charge < -0.3 is 5.32 Å². The van der Waals surface area contributed by atoms with E-state index in [1.807, 2.05) is 56.3 Å². The van der Waals surface area contributed by atoms with E-state index in [1.165, 1.54) is 40.9 Å². The summed E-state index contributed by atoms with van der Waals surface area (Å²) < 4.78 is 13.2. The van der Waals surface area contributed by atoms with E-state index in [4.69, 9.17) is 0 Å². The Kier molecular flexibility index (Phi) is 6.80. The molecule has 1 heterocycles. The molecule has 3 aromatic rings. The Hall–Kier alpha value is -3.89. The number of nitriles is 1. The van der Waals surface area contributed by atoms with Crippen LogP contribution in [-0.4, -0.2) is 17.1 Å². The lowest BCUT2D eigenvalue weighted by Crippen LogP contribution is -2.31. The van der Waals surface area contributed by atoms with Crippen LogP contribution >= 0.6 is 11.8 Å². The summed E-state index contributed by atoms with van der Waals surface area (Å²) in [6.07, 6.45) is 0.473. The summed E-state index contributed by atoms with van der Waals surface area (Å²) in [5, 5.41) is 12.3. The monoisotopic (exact) mass is 471 g/mol. The molecule has 4 rings (SSSR count). The Bertz CT molecular complexity index is 1310. The van der Waals surface area contributed by atoms with Crippen LogP contribution in [0.4, 0.5) is 15.8 Å². The van der Waals surface area contributed by atoms with Gasteiger partial charge in [-0.15, -0.1) is 0 Å². The highest BCUT2D eigenvalue weighted by molar-refractivity contribution is 8.05. The highest BCUT2D eigenvalue weighted by Gasteiger charge is 2.41. The van der Waals surface area contributed by atoms with Gasteiger partial charge in [0.2, 0.25) is 5.91 Å². The highest BCUT2D eigenvalue weighted by atomic mass is 32.2. The zero-order valence-corrected chi connectivity index (χ0v) is 19.5. The van der Waals surface area contributed by atoms with Crippen LogP contribution in [0.5, 0.6) is 0 Å². The van der Waals surface area contributed by atoms with E-state index >= 15 is 0 Å². The fourth-order valence-electron chi connectivity index (χ4n) is 3.68. The van der Waals surface area contributed by atoms with Crippen molar-refractivity contribution in [2.75, 3.05) is 10.2 Å². The third-order valence-corrected chi connectivity index (χ3v) is 6.83. The van der Waals surface area contributed by atoms with Crippen molar-refractivity contribution in [1.82, 2.24) is 0 Å². The van der Waals surface area contributed by atoms with Gasteiger partial charge >= 0.3 is 0 Å². The molecular weight excluding hydrogens is 449 g/mol. The largest absolute Gasteiger partial charge is 0.321 e. The fourth-order valence-corrected chi connectivity index (χ4v) is 4.98. The van der Waals surface area contributed by atoms with Gasteiger partial charge in [0.25, 0.3) is 5.91 Å². The summed E-state index contributed by atoms with van der Waals surface area (Å²) in [5.41, 5.74) is 3.91. The van der Waals surface area contributed by atoms with Crippen molar-refractivity contribution in [2.24, 2.45) is 0 Å². The van der Waals surface area contributed by atoms with Gasteiger partial charge in [0, 0.05) is 11.4 Å². The first kappa shape index (κ1) is 23.3. The first-order valence-electron chi connectivity index (χ1n) is 10.7. The molecule has 3 aromatic carbocycles.